The zero-order valence-corrected chi connectivity index (χ0v) is 22.7. The fourth-order valence-corrected chi connectivity index (χ4v) is 4.58. The van der Waals surface area contributed by atoms with Crippen molar-refractivity contribution in [1.82, 2.24) is 14.5 Å². The minimum absolute atomic E-state index is 0.130. The molecule has 2 heterocycles. The van der Waals surface area contributed by atoms with Crippen LogP contribution in [0.5, 0.6) is 0 Å². The van der Waals surface area contributed by atoms with Crippen molar-refractivity contribution >= 4 is 13.4 Å². The van der Waals surface area contributed by atoms with E-state index in [4.69, 9.17) is 14.8 Å². The van der Waals surface area contributed by atoms with Crippen LogP contribution in [0.3, 0.4) is 0 Å². The number of azide groups is 1. The molecule has 0 spiro atoms. The van der Waals surface area contributed by atoms with Gasteiger partial charge in [-0.1, -0.05) is 43.6 Å². The molecule has 3 rings (SSSR count). The Morgan fingerprint density at radius 2 is 1.86 bits per heavy atom. The van der Waals surface area contributed by atoms with Crippen molar-refractivity contribution in [2.75, 3.05) is 31.3 Å². The van der Waals surface area contributed by atoms with E-state index >= 15 is 0 Å². The fourth-order valence-electron chi connectivity index (χ4n) is 3.69. The number of hydrogen-bond acceptors (Lipinski definition) is 7. The molecule has 0 aliphatic carbocycles. The van der Waals surface area contributed by atoms with Crippen LogP contribution in [-0.2, 0) is 13.8 Å². The predicted molar refractivity (Wildman–Crippen MR) is 142 cm³/mol. The van der Waals surface area contributed by atoms with Crippen LogP contribution >= 0.6 is 7.75 Å². The molecule has 1 aliphatic heterocycles. The fraction of sp³-hybridized carbons (Fsp3) is 0.565. The highest BCUT2D eigenvalue weighted by Crippen LogP contribution is 2.43. The third-order valence-corrected chi connectivity index (χ3v) is 6.98. The van der Waals surface area contributed by atoms with Crippen molar-refractivity contribution in [3.63, 3.8) is 0 Å². The number of aryl methyl sites for hydroxylation is 2. The first kappa shape index (κ1) is 30.3. The maximum absolute atomic E-state index is 12.3. The highest BCUT2D eigenvalue weighted by Gasteiger charge is 2.38. The predicted octanol–water partition coefficient (Wildman–Crippen LogP) is 3.70. The molecule has 14 heteroatoms. The lowest BCUT2D eigenvalue weighted by molar-refractivity contribution is -0.0237. The second-order valence-electron chi connectivity index (χ2n) is 8.53. The number of rotatable bonds is 10. The maximum atomic E-state index is 12.3. The minimum atomic E-state index is -4.22. The van der Waals surface area contributed by atoms with Gasteiger partial charge in [-0.25, -0.2) is 9.36 Å². The summed E-state index contributed by atoms with van der Waals surface area (Å²) in [6, 6.07) is 6.08. The normalized spacial score (nSPS) is 20.5. The largest absolute Gasteiger partial charge is 0.430 e. The molecular weight excluding hydrogens is 501 g/mol. The smallest absolute Gasteiger partial charge is 0.352 e. The maximum Gasteiger partial charge on any atom is 0.430 e. The topological polar surface area (TPSA) is 175 Å². The molecule has 0 saturated carbocycles. The third-order valence-electron chi connectivity index (χ3n) is 5.94. The van der Waals surface area contributed by atoms with Crippen molar-refractivity contribution in [2.24, 2.45) is 5.11 Å². The summed E-state index contributed by atoms with van der Waals surface area (Å²) in [5.74, 6) is 0. The molecule has 0 bridgehead atoms. The van der Waals surface area contributed by atoms with E-state index in [-0.39, 0.29) is 13.0 Å². The molecule has 0 radical (unpaired) electrons. The van der Waals surface area contributed by atoms with Gasteiger partial charge < -0.3 is 14.5 Å². The molecule has 204 valence electrons. The summed E-state index contributed by atoms with van der Waals surface area (Å²) in [6.07, 6.45) is -0.228. The van der Waals surface area contributed by atoms with Gasteiger partial charge in [-0.05, 0) is 51.1 Å². The highest BCUT2D eigenvalue weighted by atomic mass is 31.2. The van der Waals surface area contributed by atoms with E-state index < -0.39 is 37.4 Å². The Bertz CT molecular complexity index is 1220. The molecule has 13 nitrogen and oxygen atoms in total. The van der Waals surface area contributed by atoms with Crippen LogP contribution in [0.4, 0.5) is 5.69 Å². The van der Waals surface area contributed by atoms with Crippen LogP contribution in [0.15, 0.2) is 45.2 Å². The SMILES string of the molecule is CCN(CC)CC.Cc1ccc(NP(=O)(O)OC[C@H]2O[C@@H](n3cc(C)c(=O)[nH]c3=O)C[C@@H]2N=[N+]=[N-])cc1. The quantitative estimate of drug-likeness (QED) is 0.178. The number of aromatic amines is 1. The molecule has 1 aliphatic rings. The van der Waals surface area contributed by atoms with E-state index in [1.54, 1.807) is 24.3 Å². The van der Waals surface area contributed by atoms with Crippen molar-refractivity contribution in [3.8, 4) is 0 Å². The molecule has 37 heavy (non-hydrogen) atoms. The number of H-pyrrole nitrogens is 1. The van der Waals surface area contributed by atoms with E-state index in [1.807, 2.05) is 6.92 Å². The van der Waals surface area contributed by atoms with E-state index in [0.717, 1.165) is 5.56 Å². The molecule has 0 amide bonds. The summed E-state index contributed by atoms with van der Waals surface area (Å²) in [4.78, 5) is 41.0. The average molecular weight is 538 g/mol. The van der Waals surface area contributed by atoms with Crippen molar-refractivity contribution in [1.29, 1.82) is 0 Å². The molecule has 1 saturated heterocycles. The molecule has 1 aromatic heterocycles. The number of ether oxygens (including phenoxy) is 1. The first-order chi connectivity index (χ1) is 17.5. The number of hydrogen-bond donors (Lipinski definition) is 3. The number of benzene rings is 1. The van der Waals surface area contributed by atoms with E-state index in [1.165, 1.54) is 37.3 Å². The molecule has 4 atom stereocenters. The Kier molecular flexibility index (Phi) is 11.6. The van der Waals surface area contributed by atoms with Gasteiger partial charge in [-0.2, -0.15) is 0 Å². The van der Waals surface area contributed by atoms with Gasteiger partial charge in [0.25, 0.3) is 5.56 Å². The van der Waals surface area contributed by atoms with Gasteiger partial charge in [-0.15, -0.1) is 0 Å². The lowest BCUT2D eigenvalue weighted by atomic mass is 10.1. The molecule has 2 aromatic rings. The van der Waals surface area contributed by atoms with E-state index in [9.17, 15) is 19.0 Å². The van der Waals surface area contributed by atoms with Crippen LogP contribution in [0.1, 0.15) is 44.5 Å². The Hall–Kier alpha value is -2.92. The standard InChI is InChI=1S/C17H21N6O6P.C6H15N/c1-10-3-5-12(6-4-10)21-30(26,27)28-9-14-13(20-22-18)7-15(29-14)23-8-11(2)16(24)19-17(23)25;1-4-7(5-2)6-3/h3-6,8,13-15H,7,9H2,1-2H3,(H,19,24,25)(H2,21,26,27);4-6H2,1-3H3/t13-,14+,15+;/m0./s1. The zero-order chi connectivity index (χ0) is 27.6. The van der Waals surface area contributed by atoms with Gasteiger partial charge in [0, 0.05) is 28.8 Å². The number of aromatic nitrogens is 2. The van der Waals surface area contributed by atoms with Crippen LogP contribution in [0, 0.1) is 13.8 Å². The second kappa shape index (κ2) is 14.1. The van der Waals surface area contributed by atoms with Crippen LogP contribution in [-0.4, -0.2) is 57.7 Å². The zero-order valence-electron chi connectivity index (χ0n) is 21.8. The van der Waals surface area contributed by atoms with Crippen LogP contribution < -0.4 is 16.3 Å². The van der Waals surface area contributed by atoms with Gasteiger partial charge in [0.15, 0.2) is 0 Å². The second-order valence-corrected chi connectivity index (χ2v) is 10.1. The Labute approximate surface area is 215 Å². The van der Waals surface area contributed by atoms with E-state index in [0.29, 0.717) is 11.3 Å². The molecule has 3 N–H and O–H groups in total. The van der Waals surface area contributed by atoms with Crippen molar-refractivity contribution in [2.45, 2.75) is 59.4 Å². The Morgan fingerprint density at radius 1 is 1.24 bits per heavy atom. The lowest BCUT2D eigenvalue weighted by Crippen LogP contribution is -2.33. The lowest BCUT2D eigenvalue weighted by Gasteiger charge is -2.19. The first-order valence-corrected chi connectivity index (χ1v) is 13.7. The summed E-state index contributed by atoms with van der Waals surface area (Å²) < 4.78 is 24.4. The van der Waals surface area contributed by atoms with Gasteiger partial charge in [0.1, 0.15) is 6.23 Å². The summed E-state index contributed by atoms with van der Waals surface area (Å²) in [6.45, 7) is 13.2. The number of nitrogens with zero attached hydrogens (tertiary/aromatic N) is 5. The summed E-state index contributed by atoms with van der Waals surface area (Å²) in [7, 11) is -4.22. The summed E-state index contributed by atoms with van der Waals surface area (Å²) in [5, 5.41) is 6.06. The van der Waals surface area contributed by atoms with E-state index in [2.05, 4.69) is 45.8 Å². The molecule has 1 unspecified atom stereocenters. The van der Waals surface area contributed by atoms with Crippen LogP contribution in [0.2, 0.25) is 0 Å². The van der Waals surface area contributed by atoms with Gasteiger partial charge >= 0.3 is 13.4 Å². The van der Waals surface area contributed by atoms with Gasteiger partial charge in [0.2, 0.25) is 0 Å². The third kappa shape index (κ3) is 9.15. The van der Waals surface area contributed by atoms with Gasteiger partial charge in [-0.3, -0.25) is 24.0 Å². The first-order valence-electron chi connectivity index (χ1n) is 12.1. The molecule has 1 aromatic carbocycles. The number of nitrogens with one attached hydrogen (secondary N) is 2. The molecule has 1 fully saturated rings. The number of anilines is 1. The monoisotopic (exact) mass is 537 g/mol. The summed E-state index contributed by atoms with van der Waals surface area (Å²) >= 11 is 0. The van der Waals surface area contributed by atoms with Gasteiger partial charge in [0.05, 0.1) is 18.8 Å². The van der Waals surface area contributed by atoms with Crippen LogP contribution in [0.25, 0.3) is 10.4 Å². The Morgan fingerprint density at radius 3 is 2.41 bits per heavy atom. The average Bonchev–Trinajstić information content (AvgIpc) is 3.26. The summed E-state index contributed by atoms with van der Waals surface area (Å²) in [5.41, 5.74) is 9.32. The highest BCUT2D eigenvalue weighted by molar-refractivity contribution is 7.54. The molecular formula is C23H36N7O6P. The minimum Gasteiger partial charge on any atom is -0.352 e. The Balaban J connectivity index is 0.000000604. The van der Waals surface area contributed by atoms with Crippen molar-refractivity contribution < 1.29 is 18.7 Å². The van der Waals surface area contributed by atoms with Crippen molar-refractivity contribution in [3.05, 3.63) is 72.9 Å².